The van der Waals surface area contributed by atoms with Gasteiger partial charge in [-0.3, -0.25) is 0 Å². The highest BCUT2D eigenvalue weighted by atomic mass is 16.5. The zero-order valence-electron chi connectivity index (χ0n) is 9.99. The van der Waals surface area contributed by atoms with E-state index in [1.54, 1.807) is 0 Å². The van der Waals surface area contributed by atoms with Gasteiger partial charge in [-0.2, -0.15) is 4.98 Å². The second-order valence-corrected chi connectivity index (χ2v) is 4.43. The lowest BCUT2D eigenvalue weighted by Gasteiger charge is -2.01. The van der Waals surface area contributed by atoms with Crippen LogP contribution >= 0.6 is 0 Å². The van der Waals surface area contributed by atoms with Crippen molar-refractivity contribution < 1.29 is 8.94 Å². The van der Waals surface area contributed by atoms with Crippen molar-refractivity contribution in [2.45, 2.75) is 32.7 Å². The molecule has 90 valence electrons. The molecule has 3 heterocycles. The maximum Gasteiger partial charge on any atom is 0.261 e. The van der Waals surface area contributed by atoms with Gasteiger partial charge in [-0.15, -0.1) is 0 Å². The first-order chi connectivity index (χ1) is 8.24. The highest BCUT2D eigenvalue weighted by Gasteiger charge is 2.23. The van der Waals surface area contributed by atoms with Crippen LogP contribution in [0.5, 0.6) is 0 Å². The highest BCUT2D eigenvalue weighted by Crippen LogP contribution is 2.27. The summed E-state index contributed by atoms with van der Waals surface area (Å²) in [5.41, 5.74) is 0.888. The number of nitrogens with one attached hydrogen (secondary N) is 1. The molecule has 0 aromatic carbocycles. The number of hydrogen-bond acceptors (Lipinski definition) is 5. The maximum atomic E-state index is 5.46. The zero-order valence-corrected chi connectivity index (χ0v) is 9.99. The molecule has 2 aromatic rings. The smallest absolute Gasteiger partial charge is 0.261 e. The molecular weight excluding hydrogens is 218 g/mol. The zero-order chi connectivity index (χ0) is 11.8. The van der Waals surface area contributed by atoms with Gasteiger partial charge in [0.15, 0.2) is 5.82 Å². The van der Waals surface area contributed by atoms with Gasteiger partial charge in [0, 0.05) is 0 Å². The SMILES string of the molecule is Cc1cc(-c2nc(C3CCCN3)no2)c(C)o1. The fourth-order valence-corrected chi connectivity index (χ4v) is 2.23. The molecule has 17 heavy (non-hydrogen) atoms. The standard InChI is InChI=1S/C12H15N3O2/c1-7-6-9(8(2)16-7)12-14-11(15-17-12)10-4-3-5-13-10/h6,10,13H,3-5H2,1-2H3. The summed E-state index contributed by atoms with van der Waals surface area (Å²) in [4.78, 5) is 4.44. The van der Waals surface area contributed by atoms with Crippen molar-refractivity contribution in [1.29, 1.82) is 0 Å². The maximum absolute atomic E-state index is 5.46. The summed E-state index contributed by atoms with van der Waals surface area (Å²) in [6, 6.07) is 2.16. The lowest BCUT2D eigenvalue weighted by Crippen LogP contribution is -2.14. The summed E-state index contributed by atoms with van der Waals surface area (Å²) >= 11 is 0. The minimum atomic E-state index is 0.237. The molecule has 1 saturated heterocycles. The molecule has 0 amide bonds. The van der Waals surface area contributed by atoms with Crippen LogP contribution in [0.25, 0.3) is 11.5 Å². The van der Waals surface area contributed by atoms with E-state index >= 15 is 0 Å². The molecule has 2 aromatic heterocycles. The van der Waals surface area contributed by atoms with Gasteiger partial charge in [0.05, 0.1) is 11.6 Å². The largest absolute Gasteiger partial charge is 0.466 e. The van der Waals surface area contributed by atoms with Gasteiger partial charge in [-0.05, 0) is 39.3 Å². The van der Waals surface area contributed by atoms with Crippen molar-refractivity contribution in [3.63, 3.8) is 0 Å². The topological polar surface area (TPSA) is 64.1 Å². The van der Waals surface area contributed by atoms with Crippen LogP contribution in [0.4, 0.5) is 0 Å². The third kappa shape index (κ3) is 1.86. The molecule has 1 fully saturated rings. The molecule has 0 spiro atoms. The van der Waals surface area contributed by atoms with Crippen LogP contribution in [0.3, 0.4) is 0 Å². The molecule has 0 aliphatic carbocycles. The Labute approximate surface area is 99.2 Å². The van der Waals surface area contributed by atoms with Crippen LogP contribution in [0.15, 0.2) is 15.0 Å². The lowest BCUT2D eigenvalue weighted by atomic mass is 10.2. The summed E-state index contributed by atoms with van der Waals surface area (Å²) in [6.45, 7) is 4.84. The van der Waals surface area contributed by atoms with Gasteiger partial charge >= 0.3 is 0 Å². The van der Waals surface area contributed by atoms with E-state index in [1.165, 1.54) is 6.42 Å². The van der Waals surface area contributed by atoms with Crippen molar-refractivity contribution in [2.75, 3.05) is 6.54 Å². The summed E-state index contributed by atoms with van der Waals surface area (Å²) < 4.78 is 10.8. The number of aryl methyl sites for hydroxylation is 2. The minimum absolute atomic E-state index is 0.237. The predicted molar refractivity (Wildman–Crippen MR) is 61.5 cm³/mol. The van der Waals surface area contributed by atoms with Crippen LogP contribution < -0.4 is 5.32 Å². The number of nitrogens with zero attached hydrogens (tertiary/aromatic N) is 2. The summed E-state index contributed by atoms with van der Waals surface area (Å²) in [7, 11) is 0. The summed E-state index contributed by atoms with van der Waals surface area (Å²) in [5, 5.41) is 7.38. The molecule has 5 heteroatoms. The second-order valence-electron chi connectivity index (χ2n) is 4.43. The molecule has 1 unspecified atom stereocenters. The predicted octanol–water partition coefficient (Wildman–Crippen LogP) is 2.37. The van der Waals surface area contributed by atoms with Crippen molar-refractivity contribution in [3.05, 3.63) is 23.4 Å². The number of hydrogen-bond donors (Lipinski definition) is 1. The van der Waals surface area contributed by atoms with Crippen LogP contribution in [0.1, 0.15) is 36.2 Å². The van der Waals surface area contributed by atoms with Gasteiger partial charge in [-0.25, -0.2) is 0 Å². The lowest BCUT2D eigenvalue weighted by molar-refractivity contribution is 0.411. The first kappa shape index (κ1) is 10.5. The van der Waals surface area contributed by atoms with Gasteiger partial charge in [-0.1, -0.05) is 5.16 Å². The Hall–Kier alpha value is -1.62. The van der Waals surface area contributed by atoms with Gasteiger partial charge in [0.1, 0.15) is 11.5 Å². The third-order valence-corrected chi connectivity index (χ3v) is 3.09. The third-order valence-electron chi connectivity index (χ3n) is 3.09. The fourth-order valence-electron chi connectivity index (χ4n) is 2.23. The first-order valence-electron chi connectivity index (χ1n) is 5.88. The van der Waals surface area contributed by atoms with Crippen molar-refractivity contribution in [3.8, 4) is 11.5 Å². The fraction of sp³-hybridized carbons (Fsp3) is 0.500. The number of rotatable bonds is 2. The Morgan fingerprint density at radius 1 is 1.41 bits per heavy atom. The van der Waals surface area contributed by atoms with Crippen LogP contribution in [0.2, 0.25) is 0 Å². The highest BCUT2D eigenvalue weighted by molar-refractivity contribution is 5.56. The molecule has 0 saturated carbocycles. The van der Waals surface area contributed by atoms with E-state index in [2.05, 4.69) is 15.5 Å². The summed E-state index contributed by atoms with van der Waals surface area (Å²) in [6.07, 6.45) is 2.24. The average Bonchev–Trinajstić information content (AvgIpc) is 2.97. The molecule has 1 atom stereocenters. The number of aromatic nitrogens is 2. The monoisotopic (exact) mass is 233 g/mol. The Kier molecular flexibility index (Phi) is 2.48. The van der Waals surface area contributed by atoms with Crippen LogP contribution in [0, 0.1) is 13.8 Å². The van der Waals surface area contributed by atoms with Gasteiger partial charge in [0.25, 0.3) is 5.89 Å². The quantitative estimate of drug-likeness (QED) is 0.862. The van der Waals surface area contributed by atoms with Crippen molar-refractivity contribution in [2.24, 2.45) is 0 Å². The van der Waals surface area contributed by atoms with E-state index in [0.717, 1.165) is 35.9 Å². The number of furan rings is 1. The van der Waals surface area contributed by atoms with E-state index in [9.17, 15) is 0 Å². The molecule has 5 nitrogen and oxygen atoms in total. The Morgan fingerprint density at radius 2 is 2.29 bits per heavy atom. The molecule has 0 radical (unpaired) electrons. The van der Waals surface area contributed by atoms with Crippen LogP contribution in [-0.2, 0) is 0 Å². The van der Waals surface area contributed by atoms with Gasteiger partial charge in [0.2, 0.25) is 0 Å². The minimum Gasteiger partial charge on any atom is -0.466 e. The molecule has 0 bridgehead atoms. The van der Waals surface area contributed by atoms with E-state index in [-0.39, 0.29) is 6.04 Å². The molecule has 1 aliphatic rings. The molecule has 1 aliphatic heterocycles. The van der Waals surface area contributed by atoms with Crippen molar-refractivity contribution >= 4 is 0 Å². The summed E-state index contributed by atoms with van der Waals surface area (Å²) in [5.74, 6) is 2.96. The van der Waals surface area contributed by atoms with Crippen LogP contribution in [-0.4, -0.2) is 16.7 Å². The Bertz CT molecular complexity index is 524. The molecule has 3 rings (SSSR count). The van der Waals surface area contributed by atoms with Crippen molar-refractivity contribution in [1.82, 2.24) is 15.5 Å². The first-order valence-corrected chi connectivity index (χ1v) is 5.88. The second kappa shape index (κ2) is 4.00. The van der Waals surface area contributed by atoms with E-state index in [1.807, 2.05) is 19.9 Å². The van der Waals surface area contributed by atoms with E-state index in [4.69, 9.17) is 8.94 Å². The Morgan fingerprint density at radius 3 is 2.94 bits per heavy atom. The van der Waals surface area contributed by atoms with E-state index < -0.39 is 0 Å². The molecule has 1 N–H and O–H groups in total. The normalized spacial score (nSPS) is 20.0. The van der Waals surface area contributed by atoms with E-state index in [0.29, 0.717) is 5.89 Å². The molecular formula is C12H15N3O2. The average molecular weight is 233 g/mol. The Balaban J connectivity index is 1.91. The van der Waals surface area contributed by atoms with Gasteiger partial charge < -0.3 is 14.3 Å².